The molecule has 0 bridgehead atoms. The molecular weight excluding hydrogens is 410 g/mol. The summed E-state index contributed by atoms with van der Waals surface area (Å²) in [4.78, 5) is 13.1. The second kappa shape index (κ2) is 9.51. The van der Waals surface area contributed by atoms with Crippen LogP contribution in [0.2, 0.25) is 0 Å². The minimum Gasteiger partial charge on any atom is -0.493 e. The maximum atomic E-state index is 13.1. The minimum atomic E-state index is -0.601. The van der Waals surface area contributed by atoms with Crippen LogP contribution in [0.5, 0.6) is 23.0 Å². The van der Waals surface area contributed by atoms with Gasteiger partial charge in [0.05, 0.1) is 34.9 Å². The number of nitrogens with zero attached hydrogens (tertiary/aromatic N) is 1. The molecule has 1 aliphatic heterocycles. The highest BCUT2D eigenvalue weighted by molar-refractivity contribution is 5.71. The Hall–Kier alpha value is -3.22. The van der Waals surface area contributed by atoms with Gasteiger partial charge in [0.2, 0.25) is 0 Å². The zero-order valence-electron chi connectivity index (χ0n) is 19.9. The van der Waals surface area contributed by atoms with Crippen LogP contribution in [0.4, 0.5) is 4.79 Å². The molecule has 7 heteroatoms. The third-order valence-corrected chi connectivity index (χ3v) is 5.33. The number of amides is 1. The quantitative estimate of drug-likeness (QED) is 0.610. The molecule has 2 aromatic rings. The van der Waals surface area contributed by atoms with Gasteiger partial charge in [0.25, 0.3) is 0 Å². The van der Waals surface area contributed by atoms with E-state index < -0.39 is 5.60 Å². The van der Waals surface area contributed by atoms with Gasteiger partial charge in [-0.25, -0.2) is 0 Å². The van der Waals surface area contributed by atoms with E-state index in [0.717, 1.165) is 16.7 Å². The molecule has 2 aromatic carbocycles. The van der Waals surface area contributed by atoms with Crippen LogP contribution >= 0.6 is 0 Å². The standard InChI is InChI=1S/C25H32NO6/c1-25(2,3)32-24(27)26-11-10-17-14-22(30-6)23(31-7)15-18(17)19(26)12-16-8-9-20(28-4)21(13-16)29-5/h8-9,11,13-15,19H,10,12H2,1-7H3/q+1/t19-/m0/s1. The second-order valence-electron chi connectivity index (χ2n) is 8.59. The van der Waals surface area contributed by atoms with E-state index in [1.54, 1.807) is 33.0 Å². The second-order valence-corrected chi connectivity index (χ2v) is 8.59. The Labute approximate surface area is 189 Å². The van der Waals surface area contributed by atoms with Gasteiger partial charge in [-0.15, -0.1) is 4.58 Å². The molecule has 1 amide bonds. The first-order chi connectivity index (χ1) is 15.2. The fourth-order valence-electron chi connectivity index (χ4n) is 3.85. The lowest BCUT2D eigenvalue weighted by molar-refractivity contribution is -0.496. The van der Waals surface area contributed by atoms with E-state index in [9.17, 15) is 4.79 Å². The maximum absolute atomic E-state index is 13.1. The Kier molecular flexibility index (Phi) is 6.96. The van der Waals surface area contributed by atoms with Crippen molar-refractivity contribution in [3.8, 4) is 23.0 Å². The summed E-state index contributed by atoms with van der Waals surface area (Å²) < 4.78 is 29.2. The minimum absolute atomic E-state index is 0.286. The van der Waals surface area contributed by atoms with E-state index in [2.05, 4.69) is 0 Å². The first-order valence-electron chi connectivity index (χ1n) is 10.5. The molecule has 3 rings (SSSR count). The van der Waals surface area contributed by atoms with Crippen molar-refractivity contribution >= 4 is 12.3 Å². The Bertz CT molecular complexity index is 1020. The molecule has 0 radical (unpaired) electrons. The van der Waals surface area contributed by atoms with Crippen LogP contribution in [0.1, 0.15) is 43.5 Å². The van der Waals surface area contributed by atoms with Gasteiger partial charge >= 0.3 is 6.09 Å². The molecule has 7 nitrogen and oxygen atoms in total. The normalized spacial score (nSPS) is 15.3. The zero-order chi connectivity index (χ0) is 23.5. The number of methoxy groups -OCH3 is 4. The van der Waals surface area contributed by atoms with Crippen molar-refractivity contribution in [2.24, 2.45) is 0 Å². The molecular formula is C25H32NO6+. The summed E-state index contributed by atoms with van der Waals surface area (Å²) in [5.74, 6) is 2.58. The third kappa shape index (κ3) is 4.98. The lowest BCUT2D eigenvalue weighted by atomic mass is 9.90. The van der Waals surface area contributed by atoms with Gasteiger partial charge in [0.1, 0.15) is 5.60 Å². The first kappa shape index (κ1) is 23.4. The van der Waals surface area contributed by atoms with Crippen molar-refractivity contribution in [3.63, 3.8) is 0 Å². The zero-order valence-corrected chi connectivity index (χ0v) is 19.9. The van der Waals surface area contributed by atoms with E-state index in [1.807, 2.05) is 57.3 Å². The van der Waals surface area contributed by atoms with Crippen LogP contribution in [0.15, 0.2) is 30.3 Å². The van der Waals surface area contributed by atoms with E-state index in [0.29, 0.717) is 35.8 Å². The Morgan fingerprint density at radius 3 is 2.09 bits per heavy atom. The van der Waals surface area contributed by atoms with E-state index >= 15 is 0 Å². The maximum Gasteiger partial charge on any atom is 0.597 e. The Balaban J connectivity index is 2.07. The molecule has 0 aromatic heterocycles. The van der Waals surface area contributed by atoms with Crippen LogP contribution in [0.25, 0.3) is 0 Å². The Morgan fingerprint density at radius 2 is 1.50 bits per heavy atom. The van der Waals surface area contributed by atoms with Crippen LogP contribution in [0.3, 0.4) is 0 Å². The largest absolute Gasteiger partial charge is 0.597 e. The van der Waals surface area contributed by atoms with Gasteiger partial charge in [-0.1, -0.05) is 6.07 Å². The molecule has 1 heterocycles. The first-order valence-corrected chi connectivity index (χ1v) is 10.5. The van der Waals surface area contributed by atoms with Gasteiger partial charge in [-0.05, 0) is 56.2 Å². The summed E-state index contributed by atoms with van der Waals surface area (Å²) in [7, 11) is 6.43. The van der Waals surface area contributed by atoms with Gasteiger partial charge < -0.3 is 23.7 Å². The van der Waals surface area contributed by atoms with E-state index in [-0.39, 0.29) is 12.1 Å². The lowest BCUT2D eigenvalue weighted by Gasteiger charge is -2.25. The molecule has 1 aliphatic rings. The topological polar surface area (TPSA) is 66.2 Å². The van der Waals surface area contributed by atoms with Gasteiger partial charge in [0.15, 0.2) is 35.3 Å². The summed E-state index contributed by atoms with van der Waals surface area (Å²) in [5, 5.41) is 0. The number of ether oxygens (including phenoxy) is 5. The van der Waals surface area contributed by atoms with Crippen LogP contribution in [-0.2, 0) is 17.6 Å². The van der Waals surface area contributed by atoms with Crippen LogP contribution < -0.4 is 18.9 Å². The molecule has 0 saturated heterocycles. The fourth-order valence-corrected chi connectivity index (χ4v) is 3.85. The fraction of sp³-hybridized carbons (Fsp3) is 0.440. The smallest absolute Gasteiger partial charge is 0.493 e. The number of carbonyl (C=O) groups is 1. The summed E-state index contributed by atoms with van der Waals surface area (Å²) in [6.45, 7) is 5.58. The van der Waals surface area contributed by atoms with Crippen molar-refractivity contribution in [1.82, 2.24) is 0 Å². The molecule has 32 heavy (non-hydrogen) atoms. The van der Waals surface area contributed by atoms with Crippen LogP contribution in [-0.4, -0.2) is 50.9 Å². The molecule has 0 saturated carbocycles. The number of rotatable bonds is 6. The number of fused-ring (bicyclic) bond motifs is 1. The summed E-state index contributed by atoms with van der Waals surface area (Å²) in [5.41, 5.74) is 2.47. The van der Waals surface area contributed by atoms with Gasteiger partial charge in [-0.2, -0.15) is 4.79 Å². The monoisotopic (exact) mass is 442 g/mol. The highest BCUT2D eigenvalue weighted by atomic mass is 16.6. The number of hydrogen-bond donors (Lipinski definition) is 0. The van der Waals surface area contributed by atoms with Crippen LogP contribution in [0, 0.1) is 0 Å². The average molecular weight is 443 g/mol. The van der Waals surface area contributed by atoms with Crippen molar-refractivity contribution in [2.45, 2.75) is 45.3 Å². The lowest BCUT2D eigenvalue weighted by Crippen LogP contribution is -2.37. The number of benzene rings is 2. The molecule has 0 aliphatic carbocycles. The van der Waals surface area contributed by atoms with Gasteiger partial charge in [-0.3, -0.25) is 0 Å². The third-order valence-electron chi connectivity index (χ3n) is 5.33. The predicted molar refractivity (Wildman–Crippen MR) is 122 cm³/mol. The molecule has 0 unspecified atom stereocenters. The Morgan fingerprint density at radius 1 is 0.906 bits per heavy atom. The van der Waals surface area contributed by atoms with Crippen molar-refractivity contribution in [2.75, 3.05) is 28.4 Å². The molecule has 1 atom stereocenters. The summed E-state index contributed by atoms with van der Waals surface area (Å²) >= 11 is 0. The average Bonchev–Trinajstić information content (AvgIpc) is 2.76. The predicted octanol–water partition coefficient (Wildman–Crippen LogP) is 4.58. The van der Waals surface area contributed by atoms with Crippen molar-refractivity contribution in [3.05, 3.63) is 47.0 Å². The molecule has 172 valence electrons. The van der Waals surface area contributed by atoms with E-state index in [1.165, 1.54) is 0 Å². The summed E-state index contributed by atoms with van der Waals surface area (Å²) in [6.07, 6.45) is 2.63. The van der Waals surface area contributed by atoms with Crippen molar-refractivity contribution < 1.29 is 33.1 Å². The van der Waals surface area contributed by atoms with E-state index in [4.69, 9.17) is 23.7 Å². The molecule has 0 spiro atoms. The van der Waals surface area contributed by atoms with Gasteiger partial charge in [0, 0.05) is 12.0 Å². The number of hydrogen-bond acceptors (Lipinski definition) is 6. The molecule has 0 N–H and O–H groups in total. The summed E-state index contributed by atoms with van der Waals surface area (Å²) in [6, 6.07) is 9.41. The van der Waals surface area contributed by atoms with Crippen molar-refractivity contribution in [1.29, 1.82) is 0 Å². The highest BCUT2D eigenvalue weighted by Crippen LogP contribution is 2.38. The number of carbonyl (C=O) groups excluding carboxylic acids is 1. The highest BCUT2D eigenvalue weighted by Gasteiger charge is 2.39. The SMILES string of the molecule is COc1ccc(C[C@H]2c3cc(OC)c(OC)cc3CC=[N+]2C(=O)OC(C)(C)C)cc1OC. The molecule has 0 fully saturated rings.